The van der Waals surface area contributed by atoms with Crippen LogP contribution < -0.4 is 9.64 Å². The van der Waals surface area contributed by atoms with Crippen LogP contribution in [0.15, 0.2) is 79.0 Å². The molecule has 7 nitrogen and oxygen atoms in total. The molecule has 33 heavy (non-hydrogen) atoms. The van der Waals surface area contributed by atoms with Gasteiger partial charge in [0.05, 0.1) is 18.5 Å². The number of rotatable bonds is 5. The second-order valence-electron chi connectivity index (χ2n) is 8.14. The molecule has 0 saturated carbocycles. The molecule has 2 aromatic heterocycles. The largest absolute Gasteiger partial charge is 0.497 e. The molecular formula is C26H27N5O2. The maximum Gasteiger partial charge on any atom is 0.272 e. The molecule has 1 saturated heterocycles. The number of amides is 1. The number of nitrogens with zero attached hydrogens (tertiary/aromatic N) is 5. The zero-order valence-corrected chi connectivity index (χ0v) is 18.9. The van der Waals surface area contributed by atoms with Gasteiger partial charge in [0.1, 0.15) is 17.1 Å². The predicted molar refractivity (Wildman–Crippen MR) is 129 cm³/mol. The summed E-state index contributed by atoms with van der Waals surface area (Å²) in [6.07, 6.45) is 1.98. The Morgan fingerprint density at radius 2 is 1.61 bits per heavy atom. The number of aromatic nitrogens is 3. The summed E-state index contributed by atoms with van der Waals surface area (Å²) in [5.74, 6) is 0.844. The molecule has 0 radical (unpaired) electrons. The Hall–Kier alpha value is -4.00. The van der Waals surface area contributed by atoms with E-state index in [-0.39, 0.29) is 5.91 Å². The fraction of sp³-hybridized carbons (Fsp3) is 0.231. The van der Waals surface area contributed by atoms with Crippen LogP contribution in [0.4, 0.5) is 5.69 Å². The first-order valence-corrected chi connectivity index (χ1v) is 11.1. The zero-order chi connectivity index (χ0) is 22.8. The molecule has 0 unspecified atom stereocenters. The normalized spacial score (nSPS) is 13.9. The van der Waals surface area contributed by atoms with Crippen LogP contribution in [0.1, 0.15) is 10.5 Å². The van der Waals surface area contributed by atoms with E-state index in [1.54, 1.807) is 11.8 Å². The van der Waals surface area contributed by atoms with Crippen molar-refractivity contribution in [1.82, 2.24) is 19.2 Å². The van der Waals surface area contributed by atoms with Crippen molar-refractivity contribution in [2.75, 3.05) is 38.2 Å². The lowest BCUT2D eigenvalue weighted by Gasteiger charge is -2.36. The van der Waals surface area contributed by atoms with E-state index in [1.807, 2.05) is 83.4 Å². The molecule has 1 amide bonds. The van der Waals surface area contributed by atoms with Crippen LogP contribution in [0.25, 0.3) is 17.1 Å². The van der Waals surface area contributed by atoms with Crippen LogP contribution in [0.5, 0.6) is 5.75 Å². The number of ether oxygens (including phenoxy) is 1. The highest BCUT2D eigenvalue weighted by molar-refractivity contribution is 5.94. The maximum absolute atomic E-state index is 13.6. The Balaban J connectivity index is 1.39. The van der Waals surface area contributed by atoms with Crippen LogP contribution in [-0.2, 0) is 7.05 Å². The number of anilines is 1. The van der Waals surface area contributed by atoms with Gasteiger partial charge in [-0.2, -0.15) is 5.10 Å². The van der Waals surface area contributed by atoms with Gasteiger partial charge in [0.2, 0.25) is 0 Å². The van der Waals surface area contributed by atoms with Crippen molar-refractivity contribution in [3.63, 3.8) is 0 Å². The Kier molecular flexibility index (Phi) is 5.60. The average molecular weight is 442 g/mol. The summed E-state index contributed by atoms with van der Waals surface area (Å²) >= 11 is 0. The van der Waals surface area contributed by atoms with Crippen molar-refractivity contribution < 1.29 is 9.53 Å². The summed E-state index contributed by atoms with van der Waals surface area (Å²) in [4.78, 5) is 17.8. The standard InChI is InChI=1S/C26H27N5O2/c1-28-14-6-9-24(28)23-19-25(31(27-23)21-7-4-3-5-8-21)26(32)30-17-15-29(16-18-30)20-10-12-22(33-2)13-11-20/h3-14,19H,15-18H2,1-2H3. The molecule has 0 aliphatic carbocycles. The maximum atomic E-state index is 13.6. The topological polar surface area (TPSA) is 55.5 Å². The highest BCUT2D eigenvalue weighted by atomic mass is 16.5. The summed E-state index contributed by atoms with van der Waals surface area (Å²) in [7, 11) is 3.65. The van der Waals surface area contributed by atoms with Gasteiger partial charge in [-0.1, -0.05) is 18.2 Å². The summed E-state index contributed by atoms with van der Waals surface area (Å²) in [6.45, 7) is 2.87. The third-order valence-electron chi connectivity index (χ3n) is 6.14. The van der Waals surface area contributed by atoms with E-state index in [4.69, 9.17) is 9.84 Å². The average Bonchev–Trinajstić information content (AvgIpc) is 3.50. The number of carbonyl (C=O) groups is 1. The number of para-hydroxylation sites is 1. The summed E-state index contributed by atoms with van der Waals surface area (Å²) < 4.78 is 9.03. The van der Waals surface area contributed by atoms with Crippen molar-refractivity contribution in [3.05, 3.63) is 84.7 Å². The summed E-state index contributed by atoms with van der Waals surface area (Å²) in [5.41, 5.74) is 4.35. The van der Waals surface area contributed by atoms with Gasteiger partial charge in [-0.15, -0.1) is 0 Å². The van der Waals surface area contributed by atoms with Crippen LogP contribution in [0.3, 0.4) is 0 Å². The smallest absolute Gasteiger partial charge is 0.272 e. The minimum atomic E-state index is 0.00110. The highest BCUT2D eigenvalue weighted by Crippen LogP contribution is 2.25. The highest BCUT2D eigenvalue weighted by Gasteiger charge is 2.26. The van der Waals surface area contributed by atoms with E-state index in [2.05, 4.69) is 17.0 Å². The molecular weight excluding hydrogens is 414 g/mol. The number of hydrogen-bond donors (Lipinski definition) is 0. The van der Waals surface area contributed by atoms with Crippen molar-refractivity contribution in [2.24, 2.45) is 7.05 Å². The van der Waals surface area contributed by atoms with Crippen LogP contribution >= 0.6 is 0 Å². The second kappa shape index (κ2) is 8.86. The predicted octanol–water partition coefficient (Wildman–Crippen LogP) is 3.85. The Morgan fingerprint density at radius 1 is 0.879 bits per heavy atom. The van der Waals surface area contributed by atoms with Crippen molar-refractivity contribution in [1.29, 1.82) is 0 Å². The first-order chi connectivity index (χ1) is 16.1. The first kappa shape index (κ1) is 20.9. The molecule has 0 spiro atoms. The number of aryl methyl sites for hydroxylation is 1. The van der Waals surface area contributed by atoms with E-state index in [1.165, 1.54) is 0 Å². The summed E-state index contributed by atoms with van der Waals surface area (Å²) in [5, 5.41) is 4.80. The van der Waals surface area contributed by atoms with E-state index in [0.29, 0.717) is 18.8 Å². The molecule has 3 heterocycles. The molecule has 1 fully saturated rings. The molecule has 0 bridgehead atoms. The van der Waals surface area contributed by atoms with Crippen LogP contribution in [-0.4, -0.2) is 58.4 Å². The molecule has 1 aliphatic heterocycles. The molecule has 4 aromatic rings. The van der Waals surface area contributed by atoms with Gasteiger partial charge >= 0.3 is 0 Å². The number of carbonyl (C=O) groups excluding carboxylic acids is 1. The van der Waals surface area contributed by atoms with Gasteiger partial charge < -0.3 is 19.1 Å². The van der Waals surface area contributed by atoms with Crippen LogP contribution in [0, 0.1) is 0 Å². The Labute approximate surface area is 193 Å². The molecule has 168 valence electrons. The fourth-order valence-corrected chi connectivity index (χ4v) is 4.27. The molecule has 5 rings (SSSR count). The molecule has 2 aromatic carbocycles. The zero-order valence-electron chi connectivity index (χ0n) is 18.9. The van der Waals surface area contributed by atoms with E-state index in [0.717, 1.165) is 41.6 Å². The summed E-state index contributed by atoms with van der Waals surface area (Å²) in [6, 6.07) is 23.8. The molecule has 7 heteroatoms. The van der Waals surface area contributed by atoms with Gasteiger partial charge in [-0.3, -0.25) is 4.79 Å². The number of methoxy groups -OCH3 is 1. The van der Waals surface area contributed by atoms with Gasteiger partial charge in [0.15, 0.2) is 0 Å². The third-order valence-corrected chi connectivity index (χ3v) is 6.14. The molecule has 0 N–H and O–H groups in total. The Morgan fingerprint density at radius 3 is 2.24 bits per heavy atom. The monoisotopic (exact) mass is 441 g/mol. The van der Waals surface area contributed by atoms with E-state index in [9.17, 15) is 4.79 Å². The van der Waals surface area contributed by atoms with Gasteiger partial charge in [0, 0.05) is 45.1 Å². The van der Waals surface area contributed by atoms with Crippen LogP contribution in [0.2, 0.25) is 0 Å². The Bertz CT molecular complexity index is 1240. The molecule has 1 aliphatic rings. The first-order valence-electron chi connectivity index (χ1n) is 11.1. The number of benzene rings is 2. The number of hydrogen-bond acceptors (Lipinski definition) is 4. The lowest BCUT2D eigenvalue weighted by atomic mass is 10.2. The SMILES string of the molecule is COc1ccc(N2CCN(C(=O)c3cc(-c4cccn4C)nn3-c3ccccc3)CC2)cc1. The van der Waals surface area contributed by atoms with Crippen molar-refractivity contribution in [3.8, 4) is 22.8 Å². The quantitative estimate of drug-likeness (QED) is 0.472. The minimum absolute atomic E-state index is 0.00110. The van der Waals surface area contributed by atoms with E-state index >= 15 is 0 Å². The van der Waals surface area contributed by atoms with Gasteiger partial charge in [0.25, 0.3) is 5.91 Å². The van der Waals surface area contributed by atoms with Gasteiger partial charge in [-0.05, 0) is 54.6 Å². The molecule has 0 atom stereocenters. The fourth-order valence-electron chi connectivity index (χ4n) is 4.27. The minimum Gasteiger partial charge on any atom is -0.497 e. The lowest BCUT2D eigenvalue weighted by molar-refractivity contribution is 0.0737. The number of piperazine rings is 1. The third kappa shape index (κ3) is 4.09. The van der Waals surface area contributed by atoms with E-state index < -0.39 is 0 Å². The van der Waals surface area contributed by atoms with Crippen molar-refractivity contribution in [2.45, 2.75) is 0 Å². The van der Waals surface area contributed by atoms with Crippen molar-refractivity contribution >= 4 is 11.6 Å². The van der Waals surface area contributed by atoms with Gasteiger partial charge in [-0.25, -0.2) is 4.68 Å². The second-order valence-corrected chi connectivity index (χ2v) is 8.14. The lowest BCUT2D eigenvalue weighted by Crippen LogP contribution is -2.49.